The number of aromatic amines is 1. The Morgan fingerprint density at radius 3 is 2.83 bits per heavy atom. The van der Waals surface area contributed by atoms with Crippen molar-refractivity contribution in [3.05, 3.63) is 48.2 Å². The first-order chi connectivity index (χ1) is 11.7. The number of nitrogens with zero attached hydrogens (tertiary/aromatic N) is 2. The van der Waals surface area contributed by atoms with Crippen LogP contribution in [-0.2, 0) is 11.3 Å². The van der Waals surface area contributed by atoms with Gasteiger partial charge in [-0.05, 0) is 29.8 Å². The van der Waals surface area contributed by atoms with E-state index in [0.717, 1.165) is 17.0 Å². The van der Waals surface area contributed by atoms with E-state index >= 15 is 0 Å². The van der Waals surface area contributed by atoms with Crippen LogP contribution in [-0.4, -0.2) is 34.0 Å². The molecule has 1 aromatic carbocycles. The Morgan fingerprint density at radius 2 is 2.12 bits per heavy atom. The molecule has 1 amide bonds. The van der Waals surface area contributed by atoms with Gasteiger partial charge in [-0.1, -0.05) is 23.9 Å². The highest BCUT2D eigenvalue weighted by atomic mass is 32.2. The van der Waals surface area contributed by atoms with E-state index < -0.39 is 0 Å². The van der Waals surface area contributed by atoms with Crippen LogP contribution in [0, 0.1) is 0 Å². The third kappa shape index (κ3) is 4.17. The van der Waals surface area contributed by atoms with Crippen molar-refractivity contribution in [2.75, 3.05) is 12.9 Å². The van der Waals surface area contributed by atoms with Gasteiger partial charge in [-0.15, -0.1) is 10.2 Å². The molecule has 2 aromatic heterocycles. The molecular formula is C16H16N4O3S. The van der Waals surface area contributed by atoms with E-state index in [4.69, 9.17) is 9.15 Å². The molecule has 124 valence electrons. The lowest BCUT2D eigenvalue weighted by Crippen LogP contribution is -2.24. The molecular weight excluding hydrogens is 328 g/mol. The molecule has 3 rings (SSSR count). The number of carbonyl (C=O) groups is 1. The molecule has 0 aliphatic carbocycles. The molecule has 0 saturated heterocycles. The predicted octanol–water partition coefficient (Wildman–Crippen LogP) is 2.48. The number of amides is 1. The molecule has 0 atom stereocenters. The zero-order valence-corrected chi connectivity index (χ0v) is 13.8. The maximum atomic E-state index is 11.9. The lowest BCUT2D eigenvalue weighted by atomic mass is 10.2. The maximum Gasteiger partial charge on any atom is 0.277 e. The molecule has 0 bridgehead atoms. The molecule has 8 heteroatoms. The molecule has 2 N–H and O–H groups in total. The Hall–Kier alpha value is -2.74. The summed E-state index contributed by atoms with van der Waals surface area (Å²) in [6, 6.07) is 11.2. The van der Waals surface area contributed by atoms with E-state index in [1.54, 1.807) is 13.3 Å². The van der Waals surface area contributed by atoms with Crippen LogP contribution in [0.3, 0.4) is 0 Å². The molecule has 3 aromatic rings. The van der Waals surface area contributed by atoms with Gasteiger partial charge < -0.3 is 19.5 Å². The minimum Gasteiger partial charge on any atom is -0.497 e. The third-order valence-corrected chi connectivity index (χ3v) is 4.03. The molecule has 2 heterocycles. The van der Waals surface area contributed by atoms with E-state index in [9.17, 15) is 4.79 Å². The number of nitrogens with one attached hydrogen (secondary N) is 2. The van der Waals surface area contributed by atoms with Crippen molar-refractivity contribution in [3.63, 3.8) is 0 Å². The van der Waals surface area contributed by atoms with Crippen LogP contribution in [0.15, 0.2) is 52.2 Å². The van der Waals surface area contributed by atoms with Gasteiger partial charge in [0.25, 0.3) is 11.1 Å². The van der Waals surface area contributed by atoms with Gasteiger partial charge in [0.05, 0.1) is 12.9 Å². The zero-order valence-electron chi connectivity index (χ0n) is 13.0. The summed E-state index contributed by atoms with van der Waals surface area (Å²) < 4.78 is 10.6. The summed E-state index contributed by atoms with van der Waals surface area (Å²) in [6.45, 7) is 0.459. The minimum atomic E-state index is -0.101. The maximum absolute atomic E-state index is 11.9. The number of H-pyrrole nitrogens is 1. The molecule has 0 radical (unpaired) electrons. The SMILES string of the molecule is COc1ccc(CNC(=O)CSc2nnc(-c3ccc[nH]3)o2)cc1. The normalized spacial score (nSPS) is 10.5. The Balaban J connectivity index is 1.45. The van der Waals surface area contributed by atoms with Crippen LogP contribution in [0.1, 0.15) is 5.56 Å². The van der Waals surface area contributed by atoms with Crippen molar-refractivity contribution in [1.82, 2.24) is 20.5 Å². The van der Waals surface area contributed by atoms with Gasteiger partial charge >= 0.3 is 0 Å². The van der Waals surface area contributed by atoms with Crippen molar-refractivity contribution >= 4 is 17.7 Å². The van der Waals surface area contributed by atoms with Gasteiger partial charge in [0.2, 0.25) is 5.91 Å². The predicted molar refractivity (Wildman–Crippen MR) is 89.6 cm³/mol. The highest BCUT2D eigenvalue weighted by Gasteiger charge is 2.11. The van der Waals surface area contributed by atoms with Gasteiger partial charge in [-0.25, -0.2) is 0 Å². The Bertz CT molecular complexity index is 784. The summed E-state index contributed by atoms with van der Waals surface area (Å²) in [5, 5.41) is 11.1. The first-order valence-electron chi connectivity index (χ1n) is 7.24. The van der Waals surface area contributed by atoms with Crippen molar-refractivity contribution in [1.29, 1.82) is 0 Å². The number of carbonyl (C=O) groups excluding carboxylic acids is 1. The van der Waals surface area contributed by atoms with Gasteiger partial charge in [0.15, 0.2) is 0 Å². The molecule has 0 aliphatic heterocycles. The lowest BCUT2D eigenvalue weighted by Gasteiger charge is -2.05. The molecule has 0 aliphatic rings. The van der Waals surface area contributed by atoms with E-state index in [0.29, 0.717) is 17.7 Å². The first-order valence-corrected chi connectivity index (χ1v) is 8.23. The van der Waals surface area contributed by atoms with E-state index in [2.05, 4.69) is 20.5 Å². The number of ether oxygens (including phenoxy) is 1. The Kier molecular flexibility index (Phi) is 5.17. The fourth-order valence-electron chi connectivity index (χ4n) is 1.96. The molecule has 24 heavy (non-hydrogen) atoms. The van der Waals surface area contributed by atoms with Gasteiger partial charge in [-0.3, -0.25) is 4.79 Å². The zero-order chi connectivity index (χ0) is 16.8. The summed E-state index contributed by atoms with van der Waals surface area (Å²) in [7, 11) is 1.62. The summed E-state index contributed by atoms with van der Waals surface area (Å²) >= 11 is 1.20. The standard InChI is InChI=1S/C16H16N4O3S/c1-22-12-6-4-11(5-7-12)9-18-14(21)10-24-16-20-19-15(23-16)13-3-2-8-17-13/h2-8,17H,9-10H2,1H3,(H,18,21). The van der Waals surface area contributed by atoms with Crippen LogP contribution in [0.4, 0.5) is 0 Å². The van der Waals surface area contributed by atoms with E-state index in [1.807, 2.05) is 36.4 Å². The summed E-state index contributed by atoms with van der Waals surface area (Å²) in [6.07, 6.45) is 1.78. The Labute approximate surface area is 142 Å². The number of methoxy groups -OCH3 is 1. The van der Waals surface area contributed by atoms with Crippen LogP contribution in [0.5, 0.6) is 5.75 Å². The highest BCUT2D eigenvalue weighted by Crippen LogP contribution is 2.21. The monoisotopic (exact) mass is 344 g/mol. The van der Waals surface area contributed by atoms with Crippen molar-refractivity contribution in [3.8, 4) is 17.3 Å². The molecule has 0 unspecified atom stereocenters. The van der Waals surface area contributed by atoms with E-state index in [-0.39, 0.29) is 11.7 Å². The fourth-order valence-corrected chi connectivity index (χ4v) is 2.56. The second kappa shape index (κ2) is 7.69. The average molecular weight is 344 g/mol. The third-order valence-electron chi connectivity index (χ3n) is 3.21. The van der Waals surface area contributed by atoms with Crippen LogP contribution in [0.25, 0.3) is 11.6 Å². The van der Waals surface area contributed by atoms with Gasteiger partial charge in [0.1, 0.15) is 11.4 Å². The fraction of sp³-hybridized carbons (Fsp3) is 0.188. The van der Waals surface area contributed by atoms with Crippen molar-refractivity contribution < 1.29 is 13.9 Å². The second-order valence-corrected chi connectivity index (χ2v) is 5.80. The number of benzene rings is 1. The topological polar surface area (TPSA) is 93.0 Å². The van der Waals surface area contributed by atoms with Gasteiger partial charge in [-0.2, -0.15) is 0 Å². The smallest absolute Gasteiger partial charge is 0.277 e. The number of thioether (sulfide) groups is 1. The molecule has 7 nitrogen and oxygen atoms in total. The second-order valence-electron chi connectivity index (χ2n) is 4.87. The van der Waals surface area contributed by atoms with Crippen LogP contribution < -0.4 is 10.1 Å². The Morgan fingerprint density at radius 1 is 1.29 bits per heavy atom. The average Bonchev–Trinajstić information content (AvgIpc) is 3.29. The highest BCUT2D eigenvalue weighted by molar-refractivity contribution is 7.99. The summed E-state index contributed by atoms with van der Waals surface area (Å²) in [5.41, 5.74) is 1.75. The molecule has 0 spiro atoms. The molecule has 0 fully saturated rings. The van der Waals surface area contributed by atoms with Crippen LogP contribution in [0.2, 0.25) is 0 Å². The lowest BCUT2D eigenvalue weighted by molar-refractivity contribution is -0.118. The number of rotatable bonds is 7. The number of aromatic nitrogens is 3. The molecule has 0 saturated carbocycles. The quantitative estimate of drug-likeness (QED) is 0.640. The van der Waals surface area contributed by atoms with Gasteiger partial charge in [0, 0.05) is 12.7 Å². The van der Waals surface area contributed by atoms with E-state index in [1.165, 1.54) is 11.8 Å². The van der Waals surface area contributed by atoms with Crippen LogP contribution >= 0.6 is 11.8 Å². The minimum absolute atomic E-state index is 0.101. The number of hydrogen-bond acceptors (Lipinski definition) is 6. The first kappa shape index (κ1) is 16.1. The number of hydrogen-bond donors (Lipinski definition) is 2. The largest absolute Gasteiger partial charge is 0.497 e. The summed E-state index contributed by atoms with van der Waals surface area (Å²) in [5.74, 6) is 1.30. The van der Waals surface area contributed by atoms with Crippen molar-refractivity contribution in [2.24, 2.45) is 0 Å². The van der Waals surface area contributed by atoms with Crippen molar-refractivity contribution in [2.45, 2.75) is 11.8 Å². The summed E-state index contributed by atoms with van der Waals surface area (Å²) in [4.78, 5) is 14.9.